The number of esters is 1. The number of aliphatic imine (C=N–C) groups is 1. The van der Waals surface area contributed by atoms with Gasteiger partial charge < -0.3 is 29.4 Å². The smallest absolute Gasteiger partial charge is 0.338 e. The molecule has 1 aromatic heterocycles. The summed E-state index contributed by atoms with van der Waals surface area (Å²) < 4.78 is 10.7. The number of amides is 1. The largest absolute Gasteiger partial charge is 0.494 e. The van der Waals surface area contributed by atoms with Crippen molar-refractivity contribution in [2.75, 3.05) is 46.3 Å². The van der Waals surface area contributed by atoms with Gasteiger partial charge in [0.05, 0.1) is 48.5 Å². The summed E-state index contributed by atoms with van der Waals surface area (Å²) in [7, 11) is 6.92. The van der Waals surface area contributed by atoms with E-state index in [9.17, 15) is 14.7 Å². The van der Waals surface area contributed by atoms with E-state index in [1.165, 1.54) is 0 Å². The summed E-state index contributed by atoms with van der Waals surface area (Å²) >= 11 is 0. The maximum Gasteiger partial charge on any atom is 0.338 e. The Kier molecular flexibility index (Phi) is 8.31. The molecule has 0 atom stereocenters. The molecule has 1 heterocycles. The maximum atomic E-state index is 12.6. The van der Waals surface area contributed by atoms with Crippen molar-refractivity contribution in [3.63, 3.8) is 0 Å². The predicted molar refractivity (Wildman–Crippen MR) is 153 cm³/mol. The van der Waals surface area contributed by atoms with Gasteiger partial charge in [-0.25, -0.2) is 9.79 Å². The fraction of sp³-hybridized carbons (Fsp3) is 0.233. The Bertz CT molecular complexity index is 1530. The lowest BCUT2D eigenvalue weighted by Gasteiger charge is -2.22. The number of benzene rings is 3. The van der Waals surface area contributed by atoms with Crippen molar-refractivity contribution in [3.05, 3.63) is 83.4 Å². The van der Waals surface area contributed by atoms with E-state index < -0.39 is 5.97 Å². The zero-order chi connectivity index (χ0) is 28.1. The number of carbonyl (C=O) groups is 2. The van der Waals surface area contributed by atoms with Crippen molar-refractivity contribution in [1.82, 2.24) is 9.88 Å². The van der Waals surface area contributed by atoms with Gasteiger partial charge in [-0.15, -0.1) is 0 Å². The van der Waals surface area contributed by atoms with E-state index >= 15 is 0 Å². The summed E-state index contributed by atoms with van der Waals surface area (Å²) in [5.74, 6) is -0.106. The SMILES string of the molecule is CCOC(=O)c1ccc2c(C(=Nc3ccc(N(C)C(=O)CN(C)C)c(OC)c3)c3ccccc3)c(O)[nH]c2c1. The van der Waals surface area contributed by atoms with Crippen molar-refractivity contribution < 1.29 is 24.2 Å². The van der Waals surface area contributed by atoms with Crippen LogP contribution in [0, 0.1) is 0 Å². The molecule has 0 aliphatic carbocycles. The maximum absolute atomic E-state index is 12.6. The van der Waals surface area contributed by atoms with Crippen LogP contribution >= 0.6 is 0 Å². The summed E-state index contributed by atoms with van der Waals surface area (Å²) in [6.07, 6.45) is 0. The molecule has 39 heavy (non-hydrogen) atoms. The van der Waals surface area contributed by atoms with Crippen LogP contribution in [-0.4, -0.2) is 74.0 Å². The molecule has 0 aliphatic rings. The van der Waals surface area contributed by atoms with E-state index in [4.69, 9.17) is 14.5 Å². The highest BCUT2D eigenvalue weighted by Crippen LogP contribution is 2.35. The van der Waals surface area contributed by atoms with Gasteiger partial charge in [-0.3, -0.25) is 4.79 Å². The third kappa shape index (κ3) is 5.94. The monoisotopic (exact) mass is 528 g/mol. The Hall–Kier alpha value is -4.63. The first kappa shape index (κ1) is 27.4. The standard InChI is InChI=1S/C30H32N4O5/c1-6-39-30(37)20-12-14-22-23(16-20)32-29(36)27(22)28(19-10-8-7-9-11-19)31-21-13-15-24(25(17-21)38-5)34(4)26(35)18-33(2)3/h7-17,32,36H,6,18H2,1-5H3. The van der Waals surface area contributed by atoms with E-state index in [2.05, 4.69) is 4.98 Å². The fourth-order valence-corrected chi connectivity index (χ4v) is 4.28. The minimum atomic E-state index is -0.437. The van der Waals surface area contributed by atoms with Gasteiger partial charge >= 0.3 is 5.97 Å². The number of H-pyrrole nitrogens is 1. The molecule has 0 radical (unpaired) electrons. The molecule has 202 valence electrons. The minimum absolute atomic E-state index is 0.0776. The number of rotatable bonds is 9. The first-order valence-corrected chi connectivity index (χ1v) is 12.5. The number of aromatic nitrogens is 1. The zero-order valence-electron chi connectivity index (χ0n) is 22.7. The van der Waals surface area contributed by atoms with Crippen LogP contribution < -0.4 is 9.64 Å². The second kappa shape index (κ2) is 11.8. The quantitative estimate of drug-likeness (QED) is 0.240. The Morgan fingerprint density at radius 1 is 0.974 bits per heavy atom. The number of aromatic amines is 1. The summed E-state index contributed by atoms with van der Waals surface area (Å²) in [5, 5.41) is 11.7. The second-order valence-electron chi connectivity index (χ2n) is 9.20. The number of nitrogens with zero attached hydrogens (tertiary/aromatic N) is 3. The van der Waals surface area contributed by atoms with Crippen LogP contribution in [0.15, 0.2) is 71.7 Å². The molecule has 0 unspecified atom stereocenters. The van der Waals surface area contributed by atoms with Gasteiger partial charge in [-0.2, -0.15) is 0 Å². The average molecular weight is 529 g/mol. The van der Waals surface area contributed by atoms with Crippen LogP contribution in [0.1, 0.15) is 28.4 Å². The molecular formula is C30H32N4O5. The molecule has 0 spiro atoms. The van der Waals surface area contributed by atoms with Gasteiger partial charge in [0.1, 0.15) is 5.75 Å². The summed E-state index contributed by atoms with van der Waals surface area (Å²) in [6, 6.07) is 19.9. The molecular weight excluding hydrogens is 496 g/mol. The van der Waals surface area contributed by atoms with Crippen LogP contribution in [0.2, 0.25) is 0 Å². The molecule has 1 amide bonds. The average Bonchev–Trinajstić information content (AvgIpc) is 3.26. The van der Waals surface area contributed by atoms with Crippen LogP contribution in [0.25, 0.3) is 10.9 Å². The minimum Gasteiger partial charge on any atom is -0.494 e. The number of likely N-dealkylation sites (N-methyl/N-ethyl adjacent to an activating group) is 2. The highest BCUT2D eigenvalue weighted by molar-refractivity contribution is 6.22. The van der Waals surface area contributed by atoms with E-state index in [0.717, 1.165) is 5.56 Å². The summed E-state index contributed by atoms with van der Waals surface area (Å²) in [6.45, 7) is 2.28. The van der Waals surface area contributed by atoms with Gasteiger partial charge in [-0.1, -0.05) is 36.4 Å². The fourth-order valence-electron chi connectivity index (χ4n) is 4.28. The molecule has 4 rings (SSSR count). The first-order valence-electron chi connectivity index (χ1n) is 12.5. The number of nitrogens with one attached hydrogen (secondary N) is 1. The normalized spacial score (nSPS) is 11.6. The third-order valence-corrected chi connectivity index (χ3v) is 6.17. The molecule has 0 fully saturated rings. The Balaban J connectivity index is 1.83. The van der Waals surface area contributed by atoms with Crippen LogP contribution in [-0.2, 0) is 9.53 Å². The molecule has 0 aliphatic heterocycles. The summed E-state index contributed by atoms with van der Waals surface area (Å²) in [5.41, 5.74) is 3.94. The van der Waals surface area contributed by atoms with Gasteiger partial charge in [0.15, 0.2) is 5.88 Å². The number of anilines is 1. The summed E-state index contributed by atoms with van der Waals surface area (Å²) in [4.78, 5) is 36.1. The first-order chi connectivity index (χ1) is 18.7. The number of carbonyl (C=O) groups excluding carboxylic acids is 2. The van der Waals surface area contributed by atoms with Gasteiger partial charge in [0.25, 0.3) is 0 Å². The molecule has 4 aromatic rings. The zero-order valence-corrected chi connectivity index (χ0v) is 22.7. The number of hydrogen-bond donors (Lipinski definition) is 2. The second-order valence-corrected chi connectivity index (χ2v) is 9.20. The van der Waals surface area contributed by atoms with E-state index in [0.29, 0.717) is 44.9 Å². The Morgan fingerprint density at radius 3 is 2.38 bits per heavy atom. The van der Waals surface area contributed by atoms with E-state index in [1.807, 2.05) is 44.4 Å². The number of fused-ring (bicyclic) bond motifs is 1. The topological polar surface area (TPSA) is 107 Å². The molecule has 0 saturated carbocycles. The van der Waals surface area contributed by atoms with Crippen LogP contribution in [0.5, 0.6) is 11.6 Å². The lowest BCUT2D eigenvalue weighted by molar-refractivity contribution is -0.118. The Labute approximate surface area is 227 Å². The predicted octanol–water partition coefficient (Wildman–Crippen LogP) is 4.75. The highest BCUT2D eigenvalue weighted by atomic mass is 16.5. The van der Waals surface area contributed by atoms with Crippen molar-refractivity contribution in [2.24, 2.45) is 4.99 Å². The lowest BCUT2D eigenvalue weighted by atomic mass is 10.00. The lowest BCUT2D eigenvalue weighted by Crippen LogP contribution is -2.35. The molecule has 2 N–H and O–H groups in total. The number of aromatic hydroxyl groups is 1. The number of ether oxygens (including phenoxy) is 2. The van der Waals surface area contributed by atoms with Crippen molar-refractivity contribution in [3.8, 4) is 11.6 Å². The molecule has 0 saturated heterocycles. The number of methoxy groups -OCH3 is 1. The van der Waals surface area contributed by atoms with Gasteiger partial charge in [0, 0.05) is 29.6 Å². The molecule has 0 bridgehead atoms. The van der Waals surface area contributed by atoms with Crippen molar-refractivity contribution in [2.45, 2.75) is 6.92 Å². The van der Waals surface area contributed by atoms with E-state index in [1.54, 1.807) is 67.3 Å². The van der Waals surface area contributed by atoms with Crippen LogP contribution in [0.3, 0.4) is 0 Å². The molecule has 9 nitrogen and oxygen atoms in total. The van der Waals surface area contributed by atoms with Gasteiger partial charge in [0.2, 0.25) is 5.91 Å². The van der Waals surface area contributed by atoms with Crippen LogP contribution in [0.4, 0.5) is 11.4 Å². The highest BCUT2D eigenvalue weighted by Gasteiger charge is 2.21. The molecule has 3 aromatic carbocycles. The Morgan fingerprint density at radius 2 is 1.72 bits per heavy atom. The van der Waals surface area contributed by atoms with Crippen molar-refractivity contribution in [1.29, 1.82) is 0 Å². The van der Waals surface area contributed by atoms with Crippen molar-refractivity contribution >= 4 is 39.9 Å². The third-order valence-electron chi connectivity index (χ3n) is 6.17. The number of hydrogen-bond acceptors (Lipinski definition) is 7. The van der Waals surface area contributed by atoms with E-state index in [-0.39, 0.29) is 24.9 Å². The molecule has 9 heteroatoms. The van der Waals surface area contributed by atoms with Gasteiger partial charge in [-0.05, 0) is 45.3 Å².